The van der Waals surface area contributed by atoms with Crippen LogP contribution < -0.4 is 0 Å². The fraction of sp³-hybridized carbons (Fsp3) is 0.833. The second-order valence-electron chi connectivity index (χ2n) is 4.95. The lowest BCUT2D eigenvalue weighted by Gasteiger charge is -2.25. The Labute approximate surface area is 91.8 Å². The summed E-state index contributed by atoms with van der Waals surface area (Å²) in [7, 11) is 0. The first-order valence-corrected chi connectivity index (χ1v) is 5.78. The van der Waals surface area contributed by atoms with Crippen LogP contribution in [0.4, 0.5) is 0 Å². The smallest absolute Gasteiger partial charge is 0.235 e. The van der Waals surface area contributed by atoms with E-state index >= 15 is 0 Å². The van der Waals surface area contributed by atoms with Crippen LogP contribution in [0.15, 0.2) is 0 Å². The standard InChI is InChI=1S/C12H21NO2/c1-5-6-7-13-10(14)8-12(4,9(2)3)11(13)15/h9H,5-8H2,1-4H3. The minimum Gasteiger partial charge on any atom is -0.282 e. The van der Waals surface area contributed by atoms with E-state index in [0.29, 0.717) is 13.0 Å². The largest absolute Gasteiger partial charge is 0.282 e. The van der Waals surface area contributed by atoms with Gasteiger partial charge in [0.25, 0.3) is 0 Å². The number of imide groups is 1. The Morgan fingerprint density at radius 2 is 2.00 bits per heavy atom. The Morgan fingerprint density at radius 1 is 1.40 bits per heavy atom. The molecule has 3 nitrogen and oxygen atoms in total. The molecule has 2 amide bonds. The minimum absolute atomic E-state index is 0.00431. The highest BCUT2D eigenvalue weighted by Gasteiger charge is 2.49. The van der Waals surface area contributed by atoms with E-state index in [1.165, 1.54) is 4.90 Å². The molecule has 1 aliphatic heterocycles. The van der Waals surface area contributed by atoms with Crippen LogP contribution in [-0.2, 0) is 9.59 Å². The van der Waals surface area contributed by atoms with Crippen LogP contribution in [0.1, 0.15) is 47.0 Å². The first-order chi connectivity index (χ1) is 6.93. The van der Waals surface area contributed by atoms with E-state index in [0.717, 1.165) is 12.8 Å². The lowest BCUT2D eigenvalue weighted by molar-refractivity contribution is -0.142. The van der Waals surface area contributed by atoms with Gasteiger partial charge in [-0.05, 0) is 19.3 Å². The van der Waals surface area contributed by atoms with E-state index in [1.807, 2.05) is 20.8 Å². The summed E-state index contributed by atoms with van der Waals surface area (Å²) in [5.41, 5.74) is -0.467. The van der Waals surface area contributed by atoms with Crippen molar-refractivity contribution < 1.29 is 9.59 Å². The maximum Gasteiger partial charge on any atom is 0.235 e. The molecule has 0 aromatic rings. The quantitative estimate of drug-likeness (QED) is 0.668. The summed E-state index contributed by atoms with van der Waals surface area (Å²) in [6, 6.07) is 0. The van der Waals surface area contributed by atoms with Crippen LogP contribution in [0.25, 0.3) is 0 Å². The number of unbranched alkanes of at least 4 members (excludes halogenated alkanes) is 1. The second kappa shape index (κ2) is 4.33. The minimum atomic E-state index is -0.467. The van der Waals surface area contributed by atoms with Crippen molar-refractivity contribution in [3.8, 4) is 0 Å². The third-order valence-electron chi connectivity index (χ3n) is 3.56. The number of hydrogen-bond acceptors (Lipinski definition) is 2. The number of amides is 2. The zero-order chi connectivity index (χ0) is 11.6. The molecule has 0 N–H and O–H groups in total. The monoisotopic (exact) mass is 211 g/mol. The summed E-state index contributed by atoms with van der Waals surface area (Å²) >= 11 is 0. The highest BCUT2D eigenvalue weighted by atomic mass is 16.2. The van der Waals surface area contributed by atoms with Gasteiger partial charge in [0, 0.05) is 13.0 Å². The summed E-state index contributed by atoms with van der Waals surface area (Å²) in [5, 5.41) is 0. The number of carbonyl (C=O) groups is 2. The first-order valence-electron chi connectivity index (χ1n) is 5.78. The van der Waals surface area contributed by atoms with E-state index in [-0.39, 0.29) is 17.7 Å². The molecule has 1 aliphatic rings. The molecule has 1 heterocycles. The van der Waals surface area contributed by atoms with Gasteiger partial charge in [-0.3, -0.25) is 14.5 Å². The molecule has 0 bridgehead atoms. The maximum atomic E-state index is 12.1. The zero-order valence-electron chi connectivity index (χ0n) is 10.2. The van der Waals surface area contributed by atoms with Gasteiger partial charge < -0.3 is 0 Å². The lowest BCUT2D eigenvalue weighted by atomic mass is 9.78. The number of carbonyl (C=O) groups excluding carboxylic acids is 2. The third-order valence-corrected chi connectivity index (χ3v) is 3.56. The topological polar surface area (TPSA) is 37.4 Å². The van der Waals surface area contributed by atoms with Crippen LogP contribution >= 0.6 is 0 Å². The van der Waals surface area contributed by atoms with Crippen LogP contribution in [0.3, 0.4) is 0 Å². The Balaban J connectivity index is 2.79. The average Bonchev–Trinajstić information content (AvgIpc) is 2.37. The highest BCUT2D eigenvalue weighted by molar-refractivity contribution is 6.05. The predicted octanol–water partition coefficient (Wildman–Crippen LogP) is 2.21. The molecule has 0 aromatic heterocycles. The van der Waals surface area contributed by atoms with Gasteiger partial charge in [-0.25, -0.2) is 0 Å². The van der Waals surface area contributed by atoms with Crippen molar-refractivity contribution in [3.63, 3.8) is 0 Å². The van der Waals surface area contributed by atoms with Crippen molar-refractivity contribution in [2.45, 2.75) is 47.0 Å². The molecular weight excluding hydrogens is 190 g/mol. The second-order valence-corrected chi connectivity index (χ2v) is 4.95. The van der Waals surface area contributed by atoms with Crippen LogP contribution in [0.2, 0.25) is 0 Å². The van der Waals surface area contributed by atoms with Gasteiger partial charge in [-0.15, -0.1) is 0 Å². The molecule has 1 saturated heterocycles. The fourth-order valence-corrected chi connectivity index (χ4v) is 1.90. The van der Waals surface area contributed by atoms with Crippen molar-refractivity contribution in [1.29, 1.82) is 0 Å². The van der Waals surface area contributed by atoms with Crippen LogP contribution in [0, 0.1) is 11.3 Å². The van der Waals surface area contributed by atoms with Gasteiger partial charge >= 0.3 is 0 Å². The van der Waals surface area contributed by atoms with Crippen molar-refractivity contribution in [3.05, 3.63) is 0 Å². The van der Waals surface area contributed by atoms with Crippen LogP contribution in [0.5, 0.6) is 0 Å². The first kappa shape index (κ1) is 12.2. The number of hydrogen-bond donors (Lipinski definition) is 0. The van der Waals surface area contributed by atoms with E-state index in [2.05, 4.69) is 6.92 Å². The fourth-order valence-electron chi connectivity index (χ4n) is 1.90. The molecule has 1 atom stereocenters. The maximum absolute atomic E-state index is 12.1. The van der Waals surface area contributed by atoms with Gasteiger partial charge in [-0.1, -0.05) is 27.2 Å². The molecule has 0 saturated carbocycles. The molecule has 0 aromatic carbocycles. The van der Waals surface area contributed by atoms with Crippen LogP contribution in [-0.4, -0.2) is 23.3 Å². The van der Waals surface area contributed by atoms with E-state index < -0.39 is 5.41 Å². The highest BCUT2D eigenvalue weighted by Crippen LogP contribution is 2.39. The molecular formula is C12H21NO2. The molecule has 15 heavy (non-hydrogen) atoms. The summed E-state index contributed by atoms with van der Waals surface area (Å²) in [5.74, 6) is 0.251. The summed E-state index contributed by atoms with van der Waals surface area (Å²) in [6.07, 6.45) is 2.30. The van der Waals surface area contributed by atoms with Crippen molar-refractivity contribution >= 4 is 11.8 Å². The predicted molar refractivity (Wildman–Crippen MR) is 59.2 cm³/mol. The van der Waals surface area contributed by atoms with Gasteiger partial charge in [0.1, 0.15) is 0 Å². The molecule has 1 fully saturated rings. The Bertz CT molecular complexity index is 273. The Kier molecular flexibility index (Phi) is 3.53. The summed E-state index contributed by atoms with van der Waals surface area (Å²) in [6.45, 7) is 8.58. The van der Waals surface area contributed by atoms with E-state index in [4.69, 9.17) is 0 Å². The Morgan fingerprint density at radius 3 is 2.40 bits per heavy atom. The molecule has 0 spiro atoms. The van der Waals surface area contributed by atoms with Gasteiger partial charge in [0.15, 0.2) is 0 Å². The molecule has 1 unspecified atom stereocenters. The molecule has 1 rings (SSSR count). The van der Waals surface area contributed by atoms with Crippen molar-refractivity contribution in [2.75, 3.05) is 6.54 Å². The van der Waals surface area contributed by atoms with Crippen molar-refractivity contribution in [1.82, 2.24) is 4.90 Å². The molecule has 0 radical (unpaired) electrons. The number of nitrogens with zero attached hydrogens (tertiary/aromatic N) is 1. The lowest BCUT2D eigenvalue weighted by Crippen LogP contribution is -2.37. The zero-order valence-corrected chi connectivity index (χ0v) is 10.2. The van der Waals surface area contributed by atoms with Crippen molar-refractivity contribution in [2.24, 2.45) is 11.3 Å². The summed E-state index contributed by atoms with van der Waals surface area (Å²) in [4.78, 5) is 25.3. The SMILES string of the molecule is CCCCN1C(=O)CC(C)(C(C)C)C1=O. The van der Waals surface area contributed by atoms with Gasteiger partial charge in [0.2, 0.25) is 11.8 Å². The molecule has 3 heteroatoms. The molecule has 86 valence electrons. The normalized spacial score (nSPS) is 26.9. The Hall–Kier alpha value is -0.860. The summed E-state index contributed by atoms with van der Waals surface area (Å²) < 4.78 is 0. The van der Waals surface area contributed by atoms with Gasteiger partial charge in [0.05, 0.1) is 5.41 Å². The third kappa shape index (κ3) is 2.06. The number of likely N-dealkylation sites (tertiary alicyclic amines) is 1. The van der Waals surface area contributed by atoms with E-state index in [1.54, 1.807) is 0 Å². The molecule has 0 aliphatic carbocycles. The average molecular weight is 211 g/mol. The van der Waals surface area contributed by atoms with E-state index in [9.17, 15) is 9.59 Å². The number of rotatable bonds is 4. The van der Waals surface area contributed by atoms with Gasteiger partial charge in [-0.2, -0.15) is 0 Å².